The summed E-state index contributed by atoms with van der Waals surface area (Å²) >= 11 is 0. The number of rotatable bonds is 5. The summed E-state index contributed by atoms with van der Waals surface area (Å²) in [4.78, 5) is 35.6. The molecule has 126 valence electrons. The Labute approximate surface area is 139 Å². The number of fused-ring (bicyclic) bond motifs is 2. The molecule has 0 radical (unpaired) electrons. The van der Waals surface area contributed by atoms with Crippen molar-refractivity contribution in [1.82, 2.24) is 10.9 Å². The number of allylic oxidation sites excluding steroid dienone is 2. The fraction of sp³-hybridized carbons (Fsp3) is 0.389. The average Bonchev–Trinajstić information content (AvgIpc) is 3.20. The molecule has 2 aliphatic carbocycles. The predicted octanol–water partition coefficient (Wildman–Crippen LogP) is 1.29. The molecule has 3 N–H and O–H groups in total. The topological polar surface area (TPSA) is 95.5 Å². The minimum atomic E-state index is -0.956. The molecule has 0 spiro atoms. The van der Waals surface area contributed by atoms with Gasteiger partial charge in [0, 0.05) is 6.42 Å². The molecule has 0 unspecified atom stereocenters. The zero-order valence-corrected chi connectivity index (χ0v) is 13.1. The molecule has 0 aromatic heterocycles. The summed E-state index contributed by atoms with van der Waals surface area (Å²) in [7, 11) is 0. The summed E-state index contributed by atoms with van der Waals surface area (Å²) in [6, 6.07) is 9.59. The molecule has 0 heterocycles. The van der Waals surface area contributed by atoms with E-state index in [9.17, 15) is 19.5 Å². The van der Waals surface area contributed by atoms with Crippen molar-refractivity contribution in [2.24, 2.45) is 23.7 Å². The summed E-state index contributed by atoms with van der Waals surface area (Å²) in [6.45, 7) is 0. The maximum Gasteiger partial charge on any atom is 0.307 e. The van der Waals surface area contributed by atoms with Crippen LogP contribution in [0.4, 0.5) is 0 Å². The smallest absolute Gasteiger partial charge is 0.307 e. The summed E-state index contributed by atoms with van der Waals surface area (Å²) in [5, 5.41) is 9.34. The molecule has 2 amide bonds. The van der Waals surface area contributed by atoms with E-state index in [-0.39, 0.29) is 24.2 Å². The predicted molar refractivity (Wildman–Crippen MR) is 86.4 cm³/mol. The van der Waals surface area contributed by atoms with E-state index in [1.54, 1.807) is 0 Å². The van der Waals surface area contributed by atoms with Gasteiger partial charge in [0.2, 0.25) is 11.8 Å². The van der Waals surface area contributed by atoms with Crippen LogP contribution in [0, 0.1) is 23.7 Å². The first-order valence-electron chi connectivity index (χ1n) is 8.10. The lowest BCUT2D eigenvalue weighted by Crippen LogP contribution is -2.48. The number of amides is 2. The SMILES string of the molecule is O=C(CCc1ccccc1)NNC(=O)[C@@H]1[C@@H](C(=O)O)[C@H]2C=C[C@H]1C2. The highest BCUT2D eigenvalue weighted by Crippen LogP contribution is 2.48. The third-order valence-corrected chi connectivity index (χ3v) is 4.86. The third kappa shape index (κ3) is 3.32. The lowest BCUT2D eigenvalue weighted by molar-refractivity contribution is -0.148. The van der Waals surface area contributed by atoms with Crippen LogP contribution >= 0.6 is 0 Å². The standard InChI is InChI=1S/C18H20N2O4/c21-14(9-6-11-4-2-1-3-5-11)19-20-17(22)15-12-7-8-13(10-12)16(15)18(23)24/h1-5,7-8,12-13,15-16H,6,9-10H2,(H,19,21)(H,20,22)(H,23,24)/t12-,13-,15-,16-/m0/s1. The van der Waals surface area contributed by atoms with Gasteiger partial charge in [-0.25, -0.2) is 0 Å². The van der Waals surface area contributed by atoms with Crippen molar-refractivity contribution in [3.63, 3.8) is 0 Å². The second kappa shape index (κ2) is 6.86. The highest BCUT2D eigenvalue weighted by atomic mass is 16.4. The molecule has 2 bridgehead atoms. The van der Waals surface area contributed by atoms with Crippen molar-refractivity contribution in [1.29, 1.82) is 0 Å². The monoisotopic (exact) mass is 328 g/mol. The molecule has 1 aromatic rings. The lowest BCUT2D eigenvalue weighted by atomic mass is 9.82. The Bertz CT molecular complexity index is 671. The molecule has 0 aliphatic heterocycles. The van der Waals surface area contributed by atoms with Gasteiger partial charge in [-0.05, 0) is 30.2 Å². The van der Waals surface area contributed by atoms with Gasteiger partial charge in [0.15, 0.2) is 0 Å². The van der Waals surface area contributed by atoms with Gasteiger partial charge >= 0.3 is 5.97 Å². The molecule has 3 rings (SSSR count). The van der Waals surface area contributed by atoms with Crippen LogP contribution in [-0.2, 0) is 20.8 Å². The van der Waals surface area contributed by atoms with Crippen LogP contribution in [0.3, 0.4) is 0 Å². The average molecular weight is 328 g/mol. The quantitative estimate of drug-likeness (QED) is 0.560. The normalized spacial score (nSPS) is 27.0. The summed E-state index contributed by atoms with van der Waals surface area (Å²) in [5.41, 5.74) is 5.83. The van der Waals surface area contributed by atoms with Crippen molar-refractivity contribution < 1.29 is 19.5 Å². The maximum absolute atomic E-state index is 12.3. The molecule has 4 atom stereocenters. The molecule has 6 heteroatoms. The number of hydrazine groups is 1. The van der Waals surface area contributed by atoms with Gasteiger partial charge in [0.25, 0.3) is 0 Å². The molecule has 1 fully saturated rings. The van der Waals surface area contributed by atoms with Crippen LogP contribution < -0.4 is 10.9 Å². The van der Waals surface area contributed by atoms with Crippen molar-refractivity contribution >= 4 is 17.8 Å². The van der Waals surface area contributed by atoms with Gasteiger partial charge in [-0.3, -0.25) is 25.2 Å². The van der Waals surface area contributed by atoms with Gasteiger partial charge < -0.3 is 5.11 Å². The van der Waals surface area contributed by atoms with E-state index >= 15 is 0 Å². The van der Waals surface area contributed by atoms with Gasteiger partial charge in [-0.1, -0.05) is 42.5 Å². The highest BCUT2D eigenvalue weighted by molar-refractivity contribution is 5.88. The number of benzene rings is 1. The Morgan fingerprint density at radius 2 is 1.67 bits per heavy atom. The highest BCUT2D eigenvalue weighted by Gasteiger charge is 2.51. The van der Waals surface area contributed by atoms with E-state index in [4.69, 9.17) is 0 Å². The van der Waals surface area contributed by atoms with Crippen molar-refractivity contribution in [2.75, 3.05) is 0 Å². The number of hydrogen-bond donors (Lipinski definition) is 3. The fourth-order valence-electron chi connectivity index (χ4n) is 3.70. The van der Waals surface area contributed by atoms with E-state index in [1.807, 2.05) is 42.5 Å². The van der Waals surface area contributed by atoms with E-state index in [2.05, 4.69) is 10.9 Å². The Morgan fingerprint density at radius 3 is 2.33 bits per heavy atom. The van der Waals surface area contributed by atoms with Crippen molar-refractivity contribution in [3.05, 3.63) is 48.0 Å². The lowest BCUT2D eigenvalue weighted by Gasteiger charge is -2.23. The second-order valence-corrected chi connectivity index (χ2v) is 6.36. The molecular weight excluding hydrogens is 308 g/mol. The second-order valence-electron chi connectivity index (χ2n) is 6.36. The van der Waals surface area contributed by atoms with Crippen LogP contribution in [-0.4, -0.2) is 22.9 Å². The number of aryl methyl sites for hydroxylation is 1. The first kappa shape index (κ1) is 16.2. The Hall–Kier alpha value is -2.63. The first-order valence-corrected chi connectivity index (χ1v) is 8.10. The summed E-state index contributed by atoms with van der Waals surface area (Å²) < 4.78 is 0. The summed E-state index contributed by atoms with van der Waals surface area (Å²) in [5.74, 6) is -3.14. The van der Waals surface area contributed by atoms with Crippen molar-refractivity contribution in [3.8, 4) is 0 Å². The molecule has 1 aromatic carbocycles. The van der Waals surface area contributed by atoms with Gasteiger partial charge in [-0.15, -0.1) is 0 Å². The van der Waals surface area contributed by atoms with E-state index in [1.165, 1.54) is 0 Å². The molecule has 0 saturated heterocycles. The molecule has 1 saturated carbocycles. The third-order valence-electron chi connectivity index (χ3n) is 4.86. The van der Waals surface area contributed by atoms with Crippen LogP contribution in [0.1, 0.15) is 18.4 Å². The Kier molecular flexibility index (Phi) is 4.64. The van der Waals surface area contributed by atoms with Gasteiger partial charge in [0.1, 0.15) is 0 Å². The van der Waals surface area contributed by atoms with Crippen LogP contribution in [0.2, 0.25) is 0 Å². The Morgan fingerprint density at radius 1 is 1.00 bits per heavy atom. The molecular formula is C18H20N2O4. The number of carbonyl (C=O) groups is 3. The molecule has 24 heavy (non-hydrogen) atoms. The number of hydrogen-bond acceptors (Lipinski definition) is 3. The first-order chi connectivity index (χ1) is 11.6. The maximum atomic E-state index is 12.3. The minimum absolute atomic E-state index is 0.0580. The van der Waals surface area contributed by atoms with Crippen LogP contribution in [0.5, 0.6) is 0 Å². The van der Waals surface area contributed by atoms with Gasteiger partial charge in [0.05, 0.1) is 11.8 Å². The minimum Gasteiger partial charge on any atom is -0.481 e. The number of carboxylic acid groups (broad SMARTS) is 1. The molecule has 2 aliphatic rings. The van der Waals surface area contributed by atoms with Gasteiger partial charge in [-0.2, -0.15) is 0 Å². The largest absolute Gasteiger partial charge is 0.481 e. The van der Waals surface area contributed by atoms with Crippen LogP contribution in [0.25, 0.3) is 0 Å². The van der Waals surface area contributed by atoms with Crippen molar-refractivity contribution in [2.45, 2.75) is 19.3 Å². The molecule has 6 nitrogen and oxygen atoms in total. The number of aliphatic carboxylic acids is 1. The van der Waals surface area contributed by atoms with E-state index in [0.717, 1.165) is 5.56 Å². The van der Waals surface area contributed by atoms with E-state index in [0.29, 0.717) is 12.8 Å². The fourth-order valence-corrected chi connectivity index (χ4v) is 3.70. The van der Waals surface area contributed by atoms with Crippen LogP contribution in [0.15, 0.2) is 42.5 Å². The zero-order valence-electron chi connectivity index (χ0n) is 13.1. The zero-order chi connectivity index (χ0) is 17.1. The van der Waals surface area contributed by atoms with E-state index < -0.39 is 23.7 Å². The Balaban J connectivity index is 1.49. The number of carboxylic acids is 1. The number of nitrogens with one attached hydrogen (secondary N) is 2. The number of carbonyl (C=O) groups excluding carboxylic acids is 2. The summed E-state index contributed by atoms with van der Waals surface area (Å²) in [6.07, 6.45) is 5.31.